The number of carbonyl (C=O) groups excluding carboxylic acids is 2. The van der Waals surface area contributed by atoms with Crippen LogP contribution in [0.25, 0.3) is 0 Å². The maximum atomic E-state index is 12.7. The van der Waals surface area contributed by atoms with Gasteiger partial charge in [-0.2, -0.15) is 13.2 Å². The maximum Gasteiger partial charge on any atom is 0.416 e. The van der Waals surface area contributed by atoms with Gasteiger partial charge in [-0.05, 0) is 42.7 Å². The molecule has 31 heavy (non-hydrogen) atoms. The number of rotatable bonds is 5. The number of nitrogens with zero attached hydrogens (tertiary/aromatic N) is 1. The third kappa shape index (κ3) is 5.66. The van der Waals surface area contributed by atoms with E-state index in [0.29, 0.717) is 32.5 Å². The molecule has 2 amide bonds. The summed E-state index contributed by atoms with van der Waals surface area (Å²) in [6.07, 6.45) is -3.36. The Bertz CT molecular complexity index is 901. The minimum absolute atomic E-state index is 0.0226. The quantitative estimate of drug-likeness (QED) is 0.748. The monoisotopic (exact) mass is 432 g/mol. The molecule has 0 atom stereocenters. The fourth-order valence-electron chi connectivity index (χ4n) is 3.77. The van der Waals surface area contributed by atoms with Crippen LogP contribution in [-0.2, 0) is 16.4 Å². The topological polar surface area (TPSA) is 49.4 Å². The Morgan fingerprint density at radius 3 is 2.06 bits per heavy atom. The van der Waals surface area contributed by atoms with Crippen molar-refractivity contribution in [3.05, 3.63) is 71.3 Å². The Hall–Kier alpha value is -2.83. The molecule has 1 saturated heterocycles. The normalized spacial score (nSPS) is 15.6. The summed E-state index contributed by atoms with van der Waals surface area (Å²) < 4.78 is 38.1. The number of hydrogen-bond donors (Lipinski definition) is 1. The van der Waals surface area contributed by atoms with Crippen LogP contribution in [0, 0.1) is 5.92 Å². The molecular weight excluding hydrogens is 405 g/mol. The van der Waals surface area contributed by atoms with Crippen molar-refractivity contribution in [1.29, 1.82) is 0 Å². The zero-order chi connectivity index (χ0) is 22.6. The Labute approximate surface area is 180 Å². The molecule has 1 fully saturated rings. The van der Waals surface area contributed by atoms with Crippen molar-refractivity contribution in [3.63, 3.8) is 0 Å². The third-order valence-electron chi connectivity index (χ3n) is 5.87. The predicted molar refractivity (Wildman–Crippen MR) is 113 cm³/mol. The molecule has 1 N–H and O–H groups in total. The van der Waals surface area contributed by atoms with E-state index in [1.807, 2.05) is 30.3 Å². The fourth-order valence-corrected chi connectivity index (χ4v) is 3.77. The molecule has 0 radical (unpaired) electrons. The highest BCUT2D eigenvalue weighted by molar-refractivity contribution is 5.94. The molecule has 1 heterocycles. The summed E-state index contributed by atoms with van der Waals surface area (Å²) >= 11 is 0. The standard InChI is InChI=1S/C24H27F3N2O2/c1-23(2,19-6-4-3-5-7-19)16-28-21(30)17-12-14-29(15-13-17)22(31)18-8-10-20(11-9-18)24(25,26)27/h3-11,17H,12-16H2,1-2H3,(H,28,30). The molecule has 166 valence electrons. The fraction of sp³-hybridized carbons (Fsp3) is 0.417. The molecule has 0 unspecified atom stereocenters. The Morgan fingerprint density at radius 2 is 1.52 bits per heavy atom. The van der Waals surface area contributed by atoms with Crippen LogP contribution in [0.2, 0.25) is 0 Å². The van der Waals surface area contributed by atoms with Gasteiger partial charge in [-0.25, -0.2) is 0 Å². The average molecular weight is 432 g/mol. The minimum Gasteiger partial charge on any atom is -0.355 e. The molecule has 3 rings (SSSR count). The third-order valence-corrected chi connectivity index (χ3v) is 5.87. The number of nitrogens with one attached hydrogen (secondary N) is 1. The van der Waals surface area contributed by atoms with Crippen molar-refractivity contribution in [2.45, 2.75) is 38.3 Å². The zero-order valence-corrected chi connectivity index (χ0v) is 17.7. The molecule has 1 aliphatic rings. The first-order chi connectivity index (χ1) is 14.6. The highest BCUT2D eigenvalue weighted by Crippen LogP contribution is 2.29. The van der Waals surface area contributed by atoms with Crippen molar-refractivity contribution in [3.8, 4) is 0 Å². The van der Waals surface area contributed by atoms with Crippen molar-refractivity contribution >= 4 is 11.8 Å². The van der Waals surface area contributed by atoms with E-state index in [1.165, 1.54) is 12.1 Å². The van der Waals surface area contributed by atoms with Gasteiger partial charge in [0.15, 0.2) is 0 Å². The number of piperidine rings is 1. The summed E-state index contributed by atoms with van der Waals surface area (Å²) in [4.78, 5) is 26.8. The molecular formula is C24H27F3N2O2. The second-order valence-electron chi connectivity index (χ2n) is 8.61. The zero-order valence-electron chi connectivity index (χ0n) is 17.7. The molecule has 1 aliphatic heterocycles. The van der Waals surface area contributed by atoms with Crippen LogP contribution in [0.5, 0.6) is 0 Å². The summed E-state index contributed by atoms with van der Waals surface area (Å²) in [6, 6.07) is 14.2. The van der Waals surface area contributed by atoms with Gasteiger partial charge in [0.25, 0.3) is 5.91 Å². The molecule has 2 aromatic rings. The molecule has 4 nitrogen and oxygen atoms in total. The van der Waals surface area contributed by atoms with Gasteiger partial charge < -0.3 is 10.2 Å². The van der Waals surface area contributed by atoms with Crippen LogP contribution < -0.4 is 5.32 Å². The van der Waals surface area contributed by atoms with Crippen LogP contribution in [0.3, 0.4) is 0 Å². The number of halogens is 3. The molecule has 7 heteroatoms. The molecule has 0 saturated carbocycles. The first-order valence-corrected chi connectivity index (χ1v) is 10.4. The largest absolute Gasteiger partial charge is 0.416 e. The van der Waals surface area contributed by atoms with Crippen molar-refractivity contribution in [2.24, 2.45) is 5.92 Å². The van der Waals surface area contributed by atoms with E-state index in [0.717, 1.165) is 17.7 Å². The second kappa shape index (κ2) is 9.12. The van der Waals surface area contributed by atoms with Crippen LogP contribution in [-0.4, -0.2) is 36.3 Å². The number of benzene rings is 2. The number of likely N-dealkylation sites (tertiary alicyclic amines) is 1. The molecule has 0 bridgehead atoms. The van der Waals surface area contributed by atoms with E-state index >= 15 is 0 Å². The van der Waals surface area contributed by atoms with Crippen LogP contribution in [0.15, 0.2) is 54.6 Å². The number of hydrogen-bond acceptors (Lipinski definition) is 2. The first-order valence-electron chi connectivity index (χ1n) is 10.4. The van der Waals surface area contributed by atoms with Gasteiger partial charge in [0.2, 0.25) is 5.91 Å². The summed E-state index contributed by atoms with van der Waals surface area (Å²) in [6.45, 7) is 5.47. The lowest BCUT2D eigenvalue weighted by molar-refractivity contribution is -0.137. The molecule has 0 aliphatic carbocycles. The lowest BCUT2D eigenvalue weighted by Gasteiger charge is -2.32. The average Bonchev–Trinajstić information content (AvgIpc) is 2.77. The van der Waals surface area contributed by atoms with E-state index in [-0.39, 0.29) is 28.7 Å². The highest BCUT2D eigenvalue weighted by atomic mass is 19.4. The molecule has 2 aromatic carbocycles. The van der Waals surface area contributed by atoms with Crippen LogP contribution in [0.4, 0.5) is 13.2 Å². The van der Waals surface area contributed by atoms with Gasteiger partial charge >= 0.3 is 6.18 Å². The van der Waals surface area contributed by atoms with E-state index in [4.69, 9.17) is 0 Å². The van der Waals surface area contributed by atoms with E-state index in [9.17, 15) is 22.8 Å². The summed E-state index contributed by atoms with van der Waals surface area (Å²) in [5.41, 5.74) is 0.390. The van der Waals surface area contributed by atoms with Crippen molar-refractivity contribution < 1.29 is 22.8 Å². The van der Waals surface area contributed by atoms with Gasteiger partial charge in [0, 0.05) is 36.5 Å². The number of carbonyl (C=O) groups is 2. The van der Waals surface area contributed by atoms with Gasteiger partial charge in [-0.15, -0.1) is 0 Å². The number of alkyl halides is 3. The Kier molecular flexibility index (Phi) is 6.72. The summed E-state index contributed by atoms with van der Waals surface area (Å²) in [5, 5.41) is 3.04. The van der Waals surface area contributed by atoms with E-state index in [2.05, 4.69) is 19.2 Å². The molecule has 0 spiro atoms. The van der Waals surface area contributed by atoms with E-state index in [1.54, 1.807) is 4.90 Å². The number of amides is 2. The lowest BCUT2D eigenvalue weighted by atomic mass is 9.84. The summed E-state index contributed by atoms with van der Waals surface area (Å²) in [7, 11) is 0. The van der Waals surface area contributed by atoms with E-state index < -0.39 is 11.7 Å². The Balaban J connectivity index is 1.51. The Morgan fingerprint density at radius 1 is 0.935 bits per heavy atom. The SMILES string of the molecule is CC(C)(CNC(=O)C1CCN(C(=O)c2ccc(C(F)(F)F)cc2)CC1)c1ccccc1. The van der Waals surface area contributed by atoms with Gasteiger partial charge in [-0.1, -0.05) is 44.2 Å². The minimum atomic E-state index is -4.43. The van der Waals surface area contributed by atoms with Crippen LogP contribution >= 0.6 is 0 Å². The van der Waals surface area contributed by atoms with Gasteiger partial charge in [-0.3, -0.25) is 9.59 Å². The second-order valence-corrected chi connectivity index (χ2v) is 8.61. The highest BCUT2D eigenvalue weighted by Gasteiger charge is 2.32. The van der Waals surface area contributed by atoms with Gasteiger partial charge in [0.05, 0.1) is 5.56 Å². The van der Waals surface area contributed by atoms with Crippen molar-refractivity contribution in [2.75, 3.05) is 19.6 Å². The predicted octanol–water partition coefficient (Wildman–Crippen LogP) is 4.65. The smallest absolute Gasteiger partial charge is 0.355 e. The lowest BCUT2D eigenvalue weighted by Crippen LogP contribution is -2.45. The van der Waals surface area contributed by atoms with Crippen molar-refractivity contribution in [1.82, 2.24) is 10.2 Å². The maximum absolute atomic E-state index is 12.7. The van der Waals surface area contributed by atoms with Crippen LogP contribution in [0.1, 0.15) is 48.2 Å². The summed E-state index contributed by atoms with van der Waals surface area (Å²) in [5.74, 6) is -0.508. The first kappa shape index (κ1) is 22.8. The van der Waals surface area contributed by atoms with Gasteiger partial charge in [0.1, 0.15) is 0 Å². The molecule has 0 aromatic heterocycles.